The van der Waals surface area contributed by atoms with Gasteiger partial charge < -0.3 is 20.3 Å². The van der Waals surface area contributed by atoms with Gasteiger partial charge >= 0.3 is 0 Å². The molecule has 0 saturated carbocycles. The van der Waals surface area contributed by atoms with Gasteiger partial charge in [0.15, 0.2) is 0 Å². The first kappa shape index (κ1) is 13.1. The first-order valence-electron chi connectivity index (χ1n) is 5.06. The molecule has 0 spiro atoms. The van der Waals surface area contributed by atoms with E-state index in [1.165, 1.54) is 0 Å². The molecule has 0 fully saturated rings. The molecule has 1 aromatic heterocycles. The molecule has 0 aromatic carbocycles. The Morgan fingerprint density at radius 3 is 2.82 bits per heavy atom. The summed E-state index contributed by atoms with van der Waals surface area (Å²) in [7, 11) is 0. The highest BCUT2D eigenvalue weighted by molar-refractivity contribution is 5.88. The third-order valence-electron chi connectivity index (χ3n) is 1.89. The fourth-order valence-corrected chi connectivity index (χ4v) is 1.06. The third-order valence-corrected chi connectivity index (χ3v) is 1.89. The molecule has 1 atom stereocenters. The number of nitrogens with one attached hydrogen (secondary N) is 1. The van der Waals surface area contributed by atoms with Crippen LogP contribution in [-0.4, -0.2) is 34.7 Å². The zero-order valence-electron chi connectivity index (χ0n) is 9.60. The Balaban J connectivity index is 2.44. The van der Waals surface area contributed by atoms with Gasteiger partial charge in [0.1, 0.15) is 6.10 Å². The van der Waals surface area contributed by atoms with Gasteiger partial charge in [-0.1, -0.05) is 5.16 Å². The summed E-state index contributed by atoms with van der Waals surface area (Å²) in [6.07, 6.45) is -0.557. The van der Waals surface area contributed by atoms with Crippen molar-refractivity contribution in [2.24, 2.45) is 5.73 Å². The topological polar surface area (TPSA) is 120 Å². The third kappa shape index (κ3) is 3.83. The molecule has 1 heterocycles. The van der Waals surface area contributed by atoms with E-state index in [1.807, 2.05) is 0 Å². The molecule has 8 heteroatoms. The summed E-state index contributed by atoms with van der Waals surface area (Å²) >= 11 is 0. The van der Waals surface area contributed by atoms with Gasteiger partial charge in [-0.3, -0.25) is 9.59 Å². The second kappa shape index (κ2) is 5.94. The van der Waals surface area contributed by atoms with Gasteiger partial charge in [0.25, 0.3) is 11.7 Å². The Bertz CT molecular complexity index is 403. The van der Waals surface area contributed by atoms with Gasteiger partial charge in [0.05, 0.1) is 6.54 Å². The summed E-state index contributed by atoms with van der Waals surface area (Å²) < 4.78 is 9.78. The second-order valence-electron chi connectivity index (χ2n) is 3.19. The van der Waals surface area contributed by atoms with Gasteiger partial charge in [-0.15, -0.1) is 0 Å². The van der Waals surface area contributed by atoms with E-state index in [1.54, 1.807) is 13.8 Å². The summed E-state index contributed by atoms with van der Waals surface area (Å²) in [5.41, 5.74) is 4.94. The Morgan fingerprint density at radius 2 is 2.29 bits per heavy atom. The molecule has 0 saturated heterocycles. The fourth-order valence-electron chi connectivity index (χ4n) is 1.06. The average molecular weight is 242 g/mol. The zero-order valence-corrected chi connectivity index (χ0v) is 9.60. The Morgan fingerprint density at radius 1 is 1.59 bits per heavy atom. The van der Waals surface area contributed by atoms with Crippen LogP contribution >= 0.6 is 0 Å². The molecule has 0 aliphatic rings. The number of hydrogen-bond acceptors (Lipinski definition) is 6. The number of ether oxygens (including phenoxy) is 1. The van der Waals surface area contributed by atoms with E-state index in [0.717, 1.165) is 0 Å². The fraction of sp³-hybridized carbons (Fsp3) is 0.556. The normalized spacial score (nSPS) is 12.1. The van der Waals surface area contributed by atoms with Crippen LogP contribution in [0.2, 0.25) is 0 Å². The average Bonchev–Trinajstić information content (AvgIpc) is 2.75. The Kier molecular flexibility index (Phi) is 4.58. The first-order valence-corrected chi connectivity index (χ1v) is 5.06. The lowest BCUT2D eigenvalue weighted by atomic mass is 10.4. The monoisotopic (exact) mass is 242 g/mol. The number of hydrogen-bond donors (Lipinski definition) is 2. The molecular weight excluding hydrogens is 228 g/mol. The van der Waals surface area contributed by atoms with E-state index in [0.29, 0.717) is 6.61 Å². The molecule has 0 aliphatic heterocycles. The maximum absolute atomic E-state index is 11.4. The lowest BCUT2D eigenvalue weighted by molar-refractivity contribution is -0.131. The molecule has 1 aromatic rings. The van der Waals surface area contributed by atoms with Crippen LogP contribution in [0.5, 0.6) is 0 Å². The first-order chi connectivity index (χ1) is 8.04. The molecule has 0 unspecified atom stereocenters. The van der Waals surface area contributed by atoms with Gasteiger partial charge in [0, 0.05) is 6.61 Å². The van der Waals surface area contributed by atoms with Crippen molar-refractivity contribution < 1.29 is 18.8 Å². The Labute approximate surface area is 97.5 Å². The smallest absolute Gasteiger partial charge is 0.290 e. The van der Waals surface area contributed by atoms with Gasteiger partial charge in [-0.05, 0) is 13.8 Å². The summed E-state index contributed by atoms with van der Waals surface area (Å²) in [5, 5.41) is 5.86. The predicted octanol–water partition coefficient (Wildman–Crippen LogP) is -0.790. The maximum Gasteiger partial charge on any atom is 0.290 e. The van der Waals surface area contributed by atoms with E-state index in [9.17, 15) is 9.59 Å². The number of nitrogens with zero attached hydrogens (tertiary/aromatic N) is 2. The van der Waals surface area contributed by atoms with Crippen LogP contribution in [0.15, 0.2) is 4.52 Å². The lowest BCUT2D eigenvalue weighted by Gasteiger charge is -2.10. The van der Waals surface area contributed by atoms with Crippen LogP contribution in [0.25, 0.3) is 0 Å². The highest BCUT2D eigenvalue weighted by atomic mass is 16.5. The van der Waals surface area contributed by atoms with E-state index >= 15 is 0 Å². The van der Waals surface area contributed by atoms with Crippen molar-refractivity contribution in [3.05, 3.63) is 11.7 Å². The Hall–Kier alpha value is -1.96. The number of aromatic nitrogens is 2. The number of carbonyl (C=O) groups excluding carboxylic acids is 2. The number of rotatable bonds is 6. The van der Waals surface area contributed by atoms with E-state index in [-0.39, 0.29) is 24.2 Å². The van der Waals surface area contributed by atoms with Gasteiger partial charge in [-0.2, -0.15) is 4.98 Å². The quantitative estimate of drug-likeness (QED) is 0.674. The van der Waals surface area contributed by atoms with Gasteiger partial charge in [0.2, 0.25) is 11.8 Å². The van der Waals surface area contributed by atoms with Crippen molar-refractivity contribution in [2.75, 3.05) is 6.61 Å². The standard InChI is InChI=1S/C9H14N4O4/c1-3-16-5(2)9(15)11-4-6-12-8(7(10)14)13-17-6/h5H,3-4H2,1-2H3,(H2,10,14)(H,11,15)/t5-/m1/s1. The van der Waals surface area contributed by atoms with Crippen molar-refractivity contribution in [1.82, 2.24) is 15.5 Å². The van der Waals surface area contributed by atoms with Crippen molar-refractivity contribution in [2.45, 2.75) is 26.5 Å². The summed E-state index contributed by atoms with van der Waals surface area (Å²) in [6.45, 7) is 3.89. The largest absolute Gasteiger partial charge is 0.369 e. The molecular formula is C9H14N4O4. The lowest BCUT2D eigenvalue weighted by Crippen LogP contribution is -2.34. The van der Waals surface area contributed by atoms with Crippen LogP contribution in [0, 0.1) is 0 Å². The molecule has 2 amide bonds. The zero-order chi connectivity index (χ0) is 12.8. The van der Waals surface area contributed by atoms with Crippen LogP contribution in [0.3, 0.4) is 0 Å². The molecule has 0 aliphatic carbocycles. The molecule has 8 nitrogen and oxygen atoms in total. The van der Waals surface area contributed by atoms with Crippen molar-refractivity contribution >= 4 is 11.8 Å². The van der Waals surface area contributed by atoms with Crippen molar-refractivity contribution in [1.29, 1.82) is 0 Å². The molecule has 1 rings (SSSR count). The number of nitrogens with two attached hydrogens (primary N) is 1. The van der Waals surface area contributed by atoms with E-state index in [4.69, 9.17) is 15.0 Å². The van der Waals surface area contributed by atoms with Gasteiger partial charge in [-0.25, -0.2) is 0 Å². The number of carbonyl (C=O) groups is 2. The highest BCUT2D eigenvalue weighted by Gasteiger charge is 2.15. The SMILES string of the molecule is CCO[C@H](C)C(=O)NCc1nc(C(N)=O)no1. The van der Waals surface area contributed by atoms with Crippen LogP contribution in [0.1, 0.15) is 30.4 Å². The van der Waals surface area contributed by atoms with Crippen molar-refractivity contribution in [3.8, 4) is 0 Å². The summed E-state index contributed by atoms with van der Waals surface area (Å²) in [4.78, 5) is 25.8. The van der Waals surface area contributed by atoms with E-state index in [2.05, 4.69) is 15.5 Å². The summed E-state index contributed by atoms with van der Waals surface area (Å²) in [6, 6.07) is 0. The second-order valence-corrected chi connectivity index (χ2v) is 3.19. The van der Waals surface area contributed by atoms with Crippen molar-refractivity contribution in [3.63, 3.8) is 0 Å². The van der Waals surface area contributed by atoms with Crippen LogP contribution in [0.4, 0.5) is 0 Å². The van der Waals surface area contributed by atoms with E-state index < -0.39 is 12.0 Å². The summed E-state index contributed by atoms with van der Waals surface area (Å²) in [5.74, 6) is -1.19. The number of amides is 2. The van der Waals surface area contributed by atoms with Crippen LogP contribution < -0.4 is 11.1 Å². The molecule has 0 radical (unpaired) electrons. The van der Waals surface area contributed by atoms with Crippen LogP contribution in [-0.2, 0) is 16.1 Å². The predicted molar refractivity (Wildman–Crippen MR) is 55.8 cm³/mol. The molecule has 0 bridgehead atoms. The molecule has 94 valence electrons. The minimum Gasteiger partial charge on any atom is -0.369 e. The maximum atomic E-state index is 11.4. The minimum atomic E-state index is -0.783. The molecule has 17 heavy (non-hydrogen) atoms. The molecule has 3 N–H and O–H groups in total. The highest BCUT2D eigenvalue weighted by Crippen LogP contribution is 1.97. The number of primary amides is 1. The minimum absolute atomic E-state index is 0.0243.